The van der Waals surface area contributed by atoms with E-state index >= 15 is 0 Å². The van der Waals surface area contributed by atoms with Crippen molar-refractivity contribution in [3.05, 3.63) is 267 Å². The molecule has 344 valence electrons. The summed E-state index contributed by atoms with van der Waals surface area (Å²) in [6, 6.07) is 81.0. The van der Waals surface area contributed by atoms with Crippen molar-refractivity contribution in [1.82, 2.24) is 0 Å². The molecule has 0 bridgehead atoms. The Hall–Kier alpha value is -9.76. The van der Waals surface area contributed by atoms with E-state index in [9.17, 15) is 0 Å². The molecule has 2 heterocycles. The summed E-state index contributed by atoms with van der Waals surface area (Å²) in [5.41, 5.74) is 11.4. The molecule has 0 fully saturated rings. The minimum Gasteiger partial charge on any atom is -0.456 e. The minimum absolute atomic E-state index is 0.206. The Morgan fingerprint density at radius 1 is 0.216 bits per heavy atom. The molecule has 0 aliphatic carbocycles. The van der Waals surface area contributed by atoms with Crippen molar-refractivity contribution in [2.45, 2.75) is 0 Å². The summed E-state index contributed by atoms with van der Waals surface area (Å²) < 4.78 is 54.9. The number of hydrogen-bond donors (Lipinski definition) is 0. The van der Waals surface area contributed by atoms with Crippen LogP contribution in [-0.4, -0.2) is 0 Å². The molecule has 0 saturated carbocycles. The molecule has 0 unspecified atom stereocenters. The summed E-state index contributed by atoms with van der Waals surface area (Å²) in [7, 11) is 0. The Labute approximate surface area is 433 Å². The third-order valence-corrected chi connectivity index (χ3v) is 14.9. The Kier molecular flexibility index (Phi) is 8.49. The lowest BCUT2D eigenvalue weighted by Crippen LogP contribution is -1.90. The van der Waals surface area contributed by atoms with Crippen molar-refractivity contribution in [2.24, 2.45) is 0 Å². The summed E-state index contributed by atoms with van der Waals surface area (Å²) in [5.74, 6) is 0. The Morgan fingerprint density at radius 2 is 0.527 bits per heavy atom. The van der Waals surface area contributed by atoms with Crippen LogP contribution in [0.2, 0.25) is 0 Å². The Balaban J connectivity index is 0.000000138. The molecular weight excluding hydrogens is 897 g/mol. The topological polar surface area (TPSA) is 26.3 Å². The molecule has 2 nitrogen and oxygen atoms in total. The van der Waals surface area contributed by atoms with Crippen LogP contribution in [0.3, 0.4) is 0 Å². The van der Waals surface area contributed by atoms with Crippen molar-refractivity contribution in [3.63, 3.8) is 0 Å². The van der Waals surface area contributed by atoms with Gasteiger partial charge in [-0.05, 0) is 158 Å². The molecule has 0 aliphatic rings. The predicted molar refractivity (Wildman–Crippen MR) is 314 cm³/mol. The molecule has 16 aromatic rings. The molecule has 0 N–H and O–H groups in total. The normalized spacial score (nSPS) is 12.7. The largest absolute Gasteiger partial charge is 0.456 e. The van der Waals surface area contributed by atoms with Gasteiger partial charge in [0.25, 0.3) is 0 Å². The zero-order valence-electron chi connectivity index (χ0n) is 44.8. The van der Waals surface area contributed by atoms with E-state index in [0.29, 0.717) is 5.56 Å². The molecule has 2 heteroatoms. The second kappa shape index (κ2) is 16.9. The third-order valence-electron chi connectivity index (χ3n) is 14.9. The van der Waals surface area contributed by atoms with E-state index < -0.39 is 6.04 Å². The summed E-state index contributed by atoms with van der Waals surface area (Å²) in [6.07, 6.45) is 0. The molecule has 0 aliphatic heterocycles. The Bertz CT molecular complexity index is 5070. The smallest absolute Gasteiger partial charge is 0.136 e. The second-order valence-electron chi connectivity index (χ2n) is 19.1. The molecule has 0 atom stereocenters. The standard InChI is InChI=1S/2C36H22O/c2*1-2-10-23(11-3-1)35-27-14-6-8-16-29(27)36(30-17-9-7-15-28(30)35)26-18-19-33-31(21-26)32-20-24-12-4-5-13-25(24)22-34(32)37-33/h2*1-22H/i1D,2D,3D,10D,11D;. The zero-order chi connectivity index (χ0) is 53.0. The molecular formula is C72H44O2. The summed E-state index contributed by atoms with van der Waals surface area (Å²) in [5, 5.41) is 17.7. The van der Waals surface area contributed by atoms with Gasteiger partial charge >= 0.3 is 0 Å². The number of furan rings is 2. The van der Waals surface area contributed by atoms with E-state index in [1.165, 1.54) is 54.6 Å². The fraction of sp³-hybridized carbons (Fsp3) is 0. The Morgan fingerprint density at radius 3 is 0.919 bits per heavy atom. The maximum Gasteiger partial charge on any atom is 0.136 e. The van der Waals surface area contributed by atoms with Gasteiger partial charge < -0.3 is 8.83 Å². The number of rotatable bonds is 4. The van der Waals surface area contributed by atoms with Crippen LogP contribution in [-0.2, 0) is 0 Å². The van der Waals surface area contributed by atoms with Gasteiger partial charge in [-0.15, -0.1) is 0 Å². The van der Waals surface area contributed by atoms with Crippen molar-refractivity contribution in [3.8, 4) is 44.5 Å². The molecule has 0 saturated heterocycles. The van der Waals surface area contributed by atoms with E-state index in [1.807, 2.05) is 66.7 Å². The lowest BCUT2D eigenvalue weighted by Gasteiger charge is -2.17. The van der Waals surface area contributed by atoms with Crippen LogP contribution in [0.1, 0.15) is 6.85 Å². The number of hydrogen-bond acceptors (Lipinski definition) is 2. The first-order valence-electron chi connectivity index (χ1n) is 27.5. The quantitative estimate of drug-likeness (QED) is 0.164. The number of fused-ring (bicyclic) bond motifs is 12. The summed E-state index contributed by atoms with van der Waals surface area (Å²) >= 11 is 0. The highest BCUT2D eigenvalue weighted by atomic mass is 16.3. The van der Waals surface area contributed by atoms with Crippen LogP contribution in [0.5, 0.6) is 0 Å². The fourth-order valence-corrected chi connectivity index (χ4v) is 11.7. The van der Waals surface area contributed by atoms with E-state index in [2.05, 4.69) is 170 Å². The highest BCUT2D eigenvalue weighted by molar-refractivity contribution is 6.24. The van der Waals surface area contributed by atoms with Crippen LogP contribution in [0.4, 0.5) is 0 Å². The zero-order valence-corrected chi connectivity index (χ0v) is 39.8. The third kappa shape index (κ3) is 6.73. The van der Waals surface area contributed by atoms with Crippen molar-refractivity contribution in [1.29, 1.82) is 0 Å². The monoisotopic (exact) mass is 945 g/mol. The molecule has 14 aromatic carbocycles. The molecule has 74 heavy (non-hydrogen) atoms. The van der Waals surface area contributed by atoms with Crippen molar-refractivity contribution in [2.75, 3.05) is 0 Å². The van der Waals surface area contributed by atoms with Crippen molar-refractivity contribution >= 4 is 109 Å². The fourth-order valence-electron chi connectivity index (χ4n) is 11.7. The molecule has 2 aromatic heterocycles. The number of benzene rings is 14. The lowest BCUT2D eigenvalue weighted by atomic mass is 9.86. The van der Waals surface area contributed by atoms with E-state index in [4.69, 9.17) is 15.7 Å². The minimum atomic E-state index is -0.396. The van der Waals surface area contributed by atoms with Crippen LogP contribution in [0.15, 0.2) is 276 Å². The van der Waals surface area contributed by atoms with Gasteiger partial charge in [-0.2, -0.15) is 0 Å². The van der Waals surface area contributed by atoms with Gasteiger partial charge in [0.05, 0.1) is 6.85 Å². The van der Waals surface area contributed by atoms with Crippen LogP contribution in [0, 0.1) is 0 Å². The predicted octanol–water partition coefficient (Wildman–Crippen LogP) is 20.8. The van der Waals surface area contributed by atoms with Gasteiger partial charge in [-0.1, -0.05) is 218 Å². The maximum absolute atomic E-state index is 8.76. The van der Waals surface area contributed by atoms with Gasteiger partial charge in [0, 0.05) is 21.5 Å². The second-order valence-corrected chi connectivity index (χ2v) is 19.1. The highest BCUT2D eigenvalue weighted by Gasteiger charge is 2.20. The highest BCUT2D eigenvalue weighted by Crippen LogP contribution is 2.47. The molecule has 0 spiro atoms. The maximum atomic E-state index is 8.76. The van der Waals surface area contributed by atoms with Crippen LogP contribution in [0.25, 0.3) is 153 Å². The average Bonchev–Trinajstić information content (AvgIpc) is 4.14. The first-order chi connectivity index (χ1) is 38.8. The summed E-state index contributed by atoms with van der Waals surface area (Å²) in [4.78, 5) is 0. The first-order valence-corrected chi connectivity index (χ1v) is 25.0. The lowest BCUT2D eigenvalue weighted by molar-refractivity contribution is 0.669. The van der Waals surface area contributed by atoms with Crippen LogP contribution >= 0.6 is 0 Å². The molecule has 16 rings (SSSR count). The first kappa shape index (κ1) is 37.1. The van der Waals surface area contributed by atoms with Gasteiger partial charge in [0.15, 0.2) is 0 Å². The SMILES string of the molecule is [2H]c1c([2H])c([2H])c(-c2c3ccccc3c(-c3ccc4oc5cc6ccccc6cc5c4c3)c3ccccc23)c([2H])c1[2H].c1ccc(-c2c3ccccc3c(-c3ccc4oc5cc6ccccc6cc5c4c3)c3ccccc23)cc1. The van der Waals surface area contributed by atoms with Gasteiger partial charge in [-0.3, -0.25) is 0 Å². The van der Waals surface area contributed by atoms with E-state index in [0.717, 1.165) is 87.3 Å². The van der Waals surface area contributed by atoms with E-state index in [1.54, 1.807) is 0 Å². The molecule has 0 radical (unpaired) electrons. The van der Waals surface area contributed by atoms with E-state index in [-0.39, 0.29) is 29.7 Å². The summed E-state index contributed by atoms with van der Waals surface area (Å²) in [6.45, 7) is 0. The molecule has 0 amide bonds. The van der Waals surface area contributed by atoms with Gasteiger partial charge in [-0.25, -0.2) is 0 Å². The van der Waals surface area contributed by atoms with Crippen molar-refractivity contribution < 1.29 is 15.7 Å². The van der Waals surface area contributed by atoms with Gasteiger partial charge in [0.2, 0.25) is 0 Å². The van der Waals surface area contributed by atoms with Gasteiger partial charge in [0.1, 0.15) is 22.3 Å². The van der Waals surface area contributed by atoms with Crippen LogP contribution < -0.4 is 0 Å². The average molecular weight is 946 g/mol.